The molecule has 27 heavy (non-hydrogen) atoms. The van der Waals surface area contributed by atoms with Crippen LogP contribution < -0.4 is 4.74 Å². The molecule has 0 saturated heterocycles. The number of rotatable bonds is 2. The lowest BCUT2D eigenvalue weighted by Gasteiger charge is -2.28. The highest BCUT2D eigenvalue weighted by Crippen LogP contribution is 2.43. The summed E-state index contributed by atoms with van der Waals surface area (Å²) in [6.45, 7) is 14.5. The van der Waals surface area contributed by atoms with Gasteiger partial charge in [-0.15, -0.1) is 0 Å². The zero-order chi connectivity index (χ0) is 18.6. The molecular formula is C23H15N3O. The summed E-state index contributed by atoms with van der Waals surface area (Å²) < 4.78 is 6.18. The zero-order valence-electron chi connectivity index (χ0n) is 14.5. The summed E-state index contributed by atoms with van der Waals surface area (Å²) in [4.78, 5) is 11.4. The predicted octanol–water partition coefficient (Wildman–Crippen LogP) is 6.08. The van der Waals surface area contributed by atoms with Crippen LogP contribution in [0.3, 0.4) is 0 Å². The third kappa shape index (κ3) is 3.29. The maximum absolute atomic E-state index is 7.28. The highest BCUT2D eigenvalue weighted by molar-refractivity contribution is 5.79. The third-order valence-electron chi connectivity index (χ3n) is 4.55. The minimum absolute atomic E-state index is 0.206. The fraction of sp³-hybridized carbons (Fsp3) is 0.0870. The Morgan fingerprint density at radius 1 is 1.00 bits per heavy atom. The standard InChI is InChI=1S/C23H15N3O/c1-24-15-18-14-23(21-8-3-4-11-26-21)27-22-10-9-17(13-20(18)22)16-6-5-7-19(12-16)25-2/h3-13,15,23H,14H2/b18-15-. The molecule has 0 bridgehead atoms. The number of hydrogen-bond acceptors (Lipinski definition) is 2. The lowest BCUT2D eigenvalue weighted by Crippen LogP contribution is -2.15. The summed E-state index contributed by atoms with van der Waals surface area (Å²) in [6.07, 6.45) is 3.71. The summed E-state index contributed by atoms with van der Waals surface area (Å²) in [5, 5.41) is 0. The molecule has 0 saturated carbocycles. The van der Waals surface area contributed by atoms with Gasteiger partial charge in [-0.1, -0.05) is 30.3 Å². The van der Waals surface area contributed by atoms with E-state index in [-0.39, 0.29) is 6.10 Å². The second-order valence-corrected chi connectivity index (χ2v) is 6.22. The Hall–Kier alpha value is -3.89. The van der Waals surface area contributed by atoms with Crippen molar-refractivity contribution < 1.29 is 4.74 Å². The molecule has 1 aromatic heterocycles. The van der Waals surface area contributed by atoms with Crippen LogP contribution in [-0.4, -0.2) is 4.98 Å². The first-order valence-corrected chi connectivity index (χ1v) is 8.54. The second-order valence-electron chi connectivity index (χ2n) is 6.22. The van der Waals surface area contributed by atoms with Crippen LogP contribution in [0.5, 0.6) is 5.75 Å². The molecule has 0 radical (unpaired) electrons. The molecule has 2 aromatic carbocycles. The SMILES string of the molecule is [C-]#[N+]/C=C1/CC(c2ccccn2)Oc2ccc(-c3cccc([N+]#[C-])c3)cc21. The molecule has 0 N–H and O–H groups in total. The van der Waals surface area contributed by atoms with Crippen molar-refractivity contribution in [1.29, 1.82) is 0 Å². The number of pyridine rings is 1. The molecule has 1 aliphatic heterocycles. The summed E-state index contributed by atoms with van der Waals surface area (Å²) in [5.74, 6) is 0.747. The number of hydrogen-bond donors (Lipinski definition) is 0. The van der Waals surface area contributed by atoms with Gasteiger partial charge in [-0.25, -0.2) is 9.69 Å². The number of ether oxygens (including phenoxy) is 1. The topological polar surface area (TPSA) is 30.8 Å². The van der Waals surface area contributed by atoms with Gasteiger partial charge in [-0.05, 0) is 47.0 Å². The van der Waals surface area contributed by atoms with Gasteiger partial charge < -0.3 is 4.74 Å². The highest BCUT2D eigenvalue weighted by Gasteiger charge is 2.26. The summed E-state index contributed by atoms with van der Waals surface area (Å²) in [5.41, 5.74) is 5.28. The Morgan fingerprint density at radius 3 is 2.67 bits per heavy atom. The van der Waals surface area contributed by atoms with E-state index in [0.29, 0.717) is 12.1 Å². The van der Waals surface area contributed by atoms with Crippen LogP contribution in [0.15, 0.2) is 73.1 Å². The van der Waals surface area contributed by atoms with Crippen molar-refractivity contribution in [2.75, 3.05) is 0 Å². The fourth-order valence-corrected chi connectivity index (χ4v) is 3.25. The number of nitrogens with zero attached hydrogens (tertiary/aromatic N) is 3. The molecule has 4 nitrogen and oxygen atoms in total. The Bertz CT molecular complexity index is 1100. The van der Waals surface area contributed by atoms with E-state index in [1.54, 1.807) is 18.5 Å². The number of benzene rings is 2. The fourth-order valence-electron chi connectivity index (χ4n) is 3.25. The quantitative estimate of drug-likeness (QED) is 0.525. The second kappa shape index (κ2) is 7.15. The zero-order valence-corrected chi connectivity index (χ0v) is 14.5. The molecule has 0 fully saturated rings. The van der Waals surface area contributed by atoms with Gasteiger partial charge in [0.2, 0.25) is 0 Å². The van der Waals surface area contributed by atoms with Gasteiger partial charge in [-0.2, -0.15) is 0 Å². The third-order valence-corrected chi connectivity index (χ3v) is 4.55. The largest absolute Gasteiger partial charge is 0.483 e. The summed E-state index contributed by atoms with van der Waals surface area (Å²) in [7, 11) is 0. The molecule has 4 heteroatoms. The van der Waals surface area contributed by atoms with Crippen molar-refractivity contribution in [3.8, 4) is 16.9 Å². The van der Waals surface area contributed by atoms with Crippen molar-refractivity contribution in [2.24, 2.45) is 0 Å². The van der Waals surface area contributed by atoms with Crippen LogP contribution >= 0.6 is 0 Å². The van der Waals surface area contributed by atoms with E-state index >= 15 is 0 Å². The molecule has 128 valence electrons. The lowest BCUT2D eigenvalue weighted by molar-refractivity contribution is 0.198. The van der Waals surface area contributed by atoms with Crippen molar-refractivity contribution in [3.05, 3.63) is 107 Å². The number of aromatic nitrogens is 1. The average Bonchev–Trinajstić information content (AvgIpc) is 2.74. The van der Waals surface area contributed by atoms with Gasteiger partial charge in [0.1, 0.15) is 11.9 Å². The van der Waals surface area contributed by atoms with E-state index < -0.39 is 0 Å². The maximum atomic E-state index is 7.28. The highest BCUT2D eigenvalue weighted by atomic mass is 16.5. The van der Waals surface area contributed by atoms with E-state index in [2.05, 4.69) is 14.7 Å². The minimum atomic E-state index is -0.206. The van der Waals surface area contributed by atoms with Crippen molar-refractivity contribution in [1.82, 2.24) is 4.98 Å². The van der Waals surface area contributed by atoms with Gasteiger partial charge >= 0.3 is 0 Å². The van der Waals surface area contributed by atoms with E-state index in [1.807, 2.05) is 54.6 Å². The predicted molar refractivity (Wildman–Crippen MR) is 105 cm³/mol. The molecule has 1 aliphatic rings. The van der Waals surface area contributed by atoms with Crippen LogP contribution in [0.4, 0.5) is 5.69 Å². The Morgan fingerprint density at radius 2 is 1.89 bits per heavy atom. The first kappa shape index (κ1) is 16.6. The lowest BCUT2D eigenvalue weighted by atomic mass is 9.92. The Kier molecular flexibility index (Phi) is 4.39. The van der Waals surface area contributed by atoms with Gasteiger partial charge in [0, 0.05) is 18.2 Å². The van der Waals surface area contributed by atoms with Crippen LogP contribution in [0.2, 0.25) is 0 Å². The molecule has 2 heterocycles. The van der Waals surface area contributed by atoms with Gasteiger partial charge in [0.25, 0.3) is 0 Å². The van der Waals surface area contributed by atoms with Crippen LogP contribution in [0, 0.1) is 13.1 Å². The smallest absolute Gasteiger partial charge is 0.187 e. The first-order chi connectivity index (χ1) is 13.3. The summed E-state index contributed by atoms with van der Waals surface area (Å²) in [6, 6.07) is 19.2. The molecule has 3 aromatic rings. The minimum Gasteiger partial charge on any atom is -0.483 e. The normalized spacial score (nSPS) is 16.7. The Balaban J connectivity index is 1.76. The van der Waals surface area contributed by atoms with E-state index in [0.717, 1.165) is 33.7 Å². The van der Waals surface area contributed by atoms with Crippen LogP contribution in [-0.2, 0) is 0 Å². The average molecular weight is 349 g/mol. The van der Waals surface area contributed by atoms with Crippen molar-refractivity contribution in [2.45, 2.75) is 12.5 Å². The van der Waals surface area contributed by atoms with E-state index in [1.165, 1.54) is 0 Å². The number of fused-ring (bicyclic) bond motifs is 1. The van der Waals surface area contributed by atoms with Gasteiger partial charge in [0.05, 0.1) is 18.8 Å². The maximum Gasteiger partial charge on any atom is 0.187 e. The van der Waals surface area contributed by atoms with Crippen LogP contribution in [0.1, 0.15) is 23.8 Å². The molecular weight excluding hydrogens is 334 g/mol. The molecule has 0 aliphatic carbocycles. The molecule has 4 rings (SSSR count). The molecule has 0 spiro atoms. The van der Waals surface area contributed by atoms with E-state index in [9.17, 15) is 0 Å². The van der Waals surface area contributed by atoms with Crippen molar-refractivity contribution in [3.63, 3.8) is 0 Å². The van der Waals surface area contributed by atoms with Gasteiger partial charge in [0.15, 0.2) is 11.9 Å². The molecule has 1 atom stereocenters. The van der Waals surface area contributed by atoms with Crippen LogP contribution in [0.25, 0.3) is 26.4 Å². The van der Waals surface area contributed by atoms with Crippen molar-refractivity contribution >= 4 is 11.3 Å². The van der Waals surface area contributed by atoms with Gasteiger partial charge in [-0.3, -0.25) is 4.98 Å². The monoisotopic (exact) mass is 349 g/mol. The molecule has 0 amide bonds. The van der Waals surface area contributed by atoms with E-state index in [4.69, 9.17) is 17.9 Å². The summed E-state index contributed by atoms with van der Waals surface area (Å²) >= 11 is 0. The Labute approximate surface area is 158 Å². The first-order valence-electron chi connectivity index (χ1n) is 8.54. The molecule has 1 unspecified atom stereocenters.